The summed E-state index contributed by atoms with van der Waals surface area (Å²) in [5.41, 5.74) is 0.985. The molecule has 0 saturated carbocycles. The Morgan fingerprint density at radius 1 is 1.33 bits per heavy atom. The third kappa shape index (κ3) is 7.00. The summed E-state index contributed by atoms with van der Waals surface area (Å²) < 4.78 is 54.3. The van der Waals surface area contributed by atoms with Crippen LogP contribution in [0.4, 0.5) is 8.78 Å². The van der Waals surface area contributed by atoms with Gasteiger partial charge in [-0.1, -0.05) is 23.7 Å². The number of likely N-dealkylation sites (tertiary alicyclic amines) is 1. The van der Waals surface area contributed by atoms with Gasteiger partial charge in [-0.25, -0.2) is 8.78 Å². The first-order valence-corrected chi connectivity index (χ1v) is 14.2. The average molecular weight is 586 g/mol. The Morgan fingerprint density at radius 3 is 2.67 bits per heavy atom. The lowest BCUT2D eigenvalue weighted by Gasteiger charge is -2.24. The first-order chi connectivity index (χ1) is 18.6. The summed E-state index contributed by atoms with van der Waals surface area (Å²) in [6, 6.07) is 3.28. The van der Waals surface area contributed by atoms with Crippen LogP contribution < -0.4 is 10.8 Å². The number of rotatable bonds is 12. The molecule has 2 aromatic rings. The first kappa shape index (κ1) is 30.6. The summed E-state index contributed by atoms with van der Waals surface area (Å²) in [6.07, 6.45) is 1.27. The fourth-order valence-electron chi connectivity index (χ4n) is 4.24. The summed E-state index contributed by atoms with van der Waals surface area (Å²) in [5.74, 6) is -1.87. The van der Waals surface area contributed by atoms with Crippen molar-refractivity contribution in [2.45, 2.75) is 52.5 Å². The van der Waals surface area contributed by atoms with E-state index in [-0.39, 0.29) is 55.3 Å². The van der Waals surface area contributed by atoms with E-state index in [1.165, 1.54) is 29.1 Å². The zero-order valence-electron chi connectivity index (χ0n) is 21.9. The molecule has 14 heteroatoms. The van der Waals surface area contributed by atoms with Gasteiger partial charge in [0.2, 0.25) is 11.8 Å². The van der Waals surface area contributed by atoms with Gasteiger partial charge in [0.15, 0.2) is 5.44 Å². The van der Waals surface area contributed by atoms with E-state index < -0.39 is 37.4 Å². The van der Waals surface area contributed by atoms with Gasteiger partial charge in [0.1, 0.15) is 24.6 Å². The van der Waals surface area contributed by atoms with E-state index in [9.17, 15) is 22.9 Å². The van der Waals surface area contributed by atoms with Crippen molar-refractivity contribution in [1.29, 1.82) is 0 Å². The third-order valence-corrected chi connectivity index (χ3v) is 8.42. The minimum atomic E-state index is -3.84. The Bertz CT molecular complexity index is 1290. The number of alkyl halides is 1. The Morgan fingerprint density at radius 2 is 2.03 bits per heavy atom. The molecule has 39 heavy (non-hydrogen) atoms. The predicted octanol–water partition coefficient (Wildman–Crippen LogP) is 3.80. The summed E-state index contributed by atoms with van der Waals surface area (Å²) in [6.45, 7) is 7.70. The number of aliphatic imine (C=N–C) groups is 1. The number of nitrogens with one attached hydrogen (secondary N) is 1. The van der Waals surface area contributed by atoms with E-state index in [1.807, 2.05) is 0 Å². The van der Waals surface area contributed by atoms with Crippen LogP contribution in [0.3, 0.4) is 0 Å². The van der Waals surface area contributed by atoms with E-state index in [4.69, 9.17) is 20.6 Å². The molecule has 212 valence electrons. The molecule has 0 spiro atoms. The minimum Gasteiger partial charge on any atom is -0.350 e. The molecule has 0 bridgehead atoms. The fraction of sp³-hybridized carbons (Fsp3) is 0.440. The third-order valence-electron chi connectivity index (χ3n) is 6.08. The van der Waals surface area contributed by atoms with Crippen LogP contribution in [-0.4, -0.2) is 65.2 Å². The number of carbonyl (C=O) groups is 2. The van der Waals surface area contributed by atoms with Gasteiger partial charge in [-0.15, -0.1) is 0 Å². The van der Waals surface area contributed by atoms with Crippen molar-refractivity contribution in [3.05, 3.63) is 52.1 Å². The average Bonchev–Trinajstić information content (AvgIpc) is 3.44. The van der Waals surface area contributed by atoms with Crippen molar-refractivity contribution in [3.8, 4) is 0 Å². The highest BCUT2D eigenvalue weighted by atomic mass is 35.5. The first-order valence-electron chi connectivity index (χ1n) is 12.3. The molecule has 1 N–H and O–H groups in total. The number of amides is 2. The number of aromatic nitrogens is 2. The van der Waals surface area contributed by atoms with Crippen molar-refractivity contribution < 1.29 is 32.0 Å². The number of hydrogen-bond acceptors (Lipinski definition) is 7. The number of nitrogens with zero attached hydrogens (tertiary/aromatic N) is 4. The normalized spacial score (nSPS) is 17.6. The van der Waals surface area contributed by atoms with Gasteiger partial charge in [0.05, 0.1) is 24.8 Å². The van der Waals surface area contributed by atoms with Crippen molar-refractivity contribution in [2.24, 2.45) is 4.99 Å². The molecule has 1 saturated heterocycles. The monoisotopic (exact) mass is 585 g/mol. The highest BCUT2D eigenvalue weighted by Gasteiger charge is 2.40. The molecule has 1 aromatic carbocycles. The summed E-state index contributed by atoms with van der Waals surface area (Å²) >= 11 is 5.79. The maximum Gasteiger partial charge on any atom is 0.382 e. The van der Waals surface area contributed by atoms with Crippen LogP contribution in [0.2, 0.25) is 5.02 Å². The van der Waals surface area contributed by atoms with Crippen molar-refractivity contribution in [2.75, 3.05) is 19.8 Å². The second-order valence-electron chi connectivity index (χ2n) is 8.64. The van der Waals surface area contributed by atoms with Crippen LogP contribution in [0.15, 0.2) is 29.4 Å². The van der Waals surface area contributed by atoms with Crippen LogP contribution in [-0.2, 0) is 36.3 Å². The van der Waals surface area contributed by atoms with Gasteiger partial charge >= 0.3 is 7.60 Å². The standard InChI is InChI=1S/C25H31ClF2N5O5P/c1-5-37-39(36,38-6-2)25-19(10-11-29-4)16(3)33(31-25)15-22(34)32-14-18(27)12-21(32)24(35)30-13-17-8-7-9-20(26)23(17)28/h7-11,18,21H,4-6,12-15H2,1-3H3,(H,30,35)/b11-10-/t18-,21+/m1/s1. The van der Waals surface area contributed by atoms with Gasteiger partial charge in [-0.2, -0.15) is 5.10 Å². The Balaban J connectivity index is 1.84. The molecule has 2 heterocycles. The maximum atomic E-state index is 14.4. The van der Waals surface area contributed by atoms with Crippen LogP contribution in [0, 0.1) is 12.7 Å². The second-order valence-corrected chi connectivity index (χ2v) is 11.0. The molecule has 10 nitrogen and oxygen atoms in total. The lowest BCUT2D eigenvalue weighted by molar-refractivity contribution is -0.139. The van der Waals surface area contributed by atoms with E-state index in [0.717, 1.165) is 4.90 Å². The molecule has 3 rings (SSSR count). The summed E-state index contributed by atoms with van der Waals surface area (Å²) in [5, 5.41) is 6.83. The molecular weight excluding hydrogens is 555 g/mol. The highest BCUT2D eigenvalue weighted by molar-refractivity contribution is 7.62. The molecule has 0 unspecified atom stereocenters. The van der Waals surface area contributed by atoms with E-state index in [0.29, 0.717) is 11.3 Å². The molecule has 2 amide bonds. The van der Waals surface area contributed by atoms with Crippen molar-refractivity contribution >= 4 is 49.2 Å². The lowest BCUT2D eigenvalue weighted by atomic mass is 10.1. The molecule has 0 aliphatic carbocycles. The maximum absolute atomic E-state index is 14.4. The van der Waals surface area contributed by atoms with Crippen LogP contribution in [0.25, 0.3) is 6.08 Å². The summed E-state index contributed by atoms with van der Waals surface area (Å²) in [4.78, 5) is 31.0. The number of carbonyl (C=O) groups excluding carboxylic acids is 2. The quantitative estimate of drug-likeness (QED) is 0.299. The lowest BCUT2D eigenvalue weighted by Crippen LogP contribution is -2.47. The van der Waals surface area contributed by atoms with Crippen molar-refractivity contribution in [1.82, 2.24) is 20.0 Å². The van der Waals surface area contributed by atoms with Gasteiger partial charge in [-0.3, -0.25) is 23.8 Å². The smallest absolute Gasteiger partial charge is 0.350 e. The number of benzene rings is 1. The van der Waals surface area contributed by atoms with Gasteiger partial charge in [0, 0.05) is 36.0 Å². The van der Waals surface area contributed by atoms with E-state index >= 15 is 0 Å². The van der Waals surface area contributed by atoms with Crippen LogP contribution in [0.5, 0.6) is 0 Å². The Kier molecular flexibility index (Phi) is 10.5. The Hall–Kier alpha value is -2.92. The van der Waals surface area contributed by atoms with Crippen LogP contribution >= 0.6 is 19.2 Å². The predicted molar refractivity (Wildman–Crippen MR) is 144 cm³/mol. The molecule has 1 aromatic heterocycles. The van der Waals surface area contributed by atoms with Crippen LogP contribution in [0.1, 0.15) is 37.1 Å². The zero-order valence-corrected chi connectivity index (χ0v) is 23.6. The minimum absolute atomic E-state index is 0.000897. The zero-order chi connectivity index (χ0) is 28.7. The summed E-state index contributed by atoms with van der Waals surface area (Å²) in [7, 11) is -3.84. The second kappa shape index (κ2) is 13.4. The largest absolute Gasteiger partial charge is 0.382 e. The van der Waals surface area contributed by atoms with Gasteiger partial charge < -0.3 is 19.3 Å². The fourth-order valence-corrected chi connectivity index (χ4v) is 6.18. The van der Waals surface area contributed by atoms with E-state index in [2.05, 4.69) is 22.1 Å². The number of hydrogen-bond donors (Lipinski definition) is 1. The van der Waals surface area contributed by atoms with Gasteiger partial charge in [-0.05, 0) is 39.6 Å². The molecule has 1 fully saturated rings. The Labute approximate surface area is 230 Å². The number of halogens is 3. The van der Waals surface area contributed by atoms with E-state index in [1.54, 1.807) is 26.8 Å². The molecule has 2 atom stereocenters. The SMILES string of the molecule is C=N/C=C\c1c(P(=O)(OCC)OCC)nn(CC(=O)N2C[C@H](F)C[C@H]2C(=O)NCc2cccc(Cl)c2F)c1C. The topological polar surface area (TPSA) is 115 Å². The highest BCUT2D eigenvalue weighted by Crippen LogP contribution is 2.47. The molecule has 1 aliphatic heterocycles. The van der Waals surface area contributed by atoms with Crippen molar-refractivity contribution in [3.63, 3.8) is 0 Å². The van der Waals surface area contributed by atoms with Gasteiger partial charge in [0.25, 0.3) is 0 Å². The molecule has 0 radical (unpaired) electrons. The molecule has 1 aliphatic rings. The molecular formula is C25H31ClF2N5O5P.